The van der Waals surface area contributed by atoms with E-state index in [1.165, 1.54) is 38.3 Å². The van der Waals surface area contributed by atoms with Crippen molar-refractivity contribution in [3.05, 3.63) is 72.7 Å². The summed E-state index contributed by atoms with van der Waals surface area (Å²) >= 11 is 0. The number of nitrogens with zero attached hydrogens (tertiary/aromatic N) is 4. The summed E-state index contributed by atoms with van der Waals surface area (Å²) in [5.41, 5.74) is 1.04. The number of methoxy groups -OCH3 is 1. The number of phenolic OH excluding ortho intramolecular Hbond substituents is 2. The number of anilines is 1. The Kier molecular flexibility index (Phi) is 9.11. The molecule has 4 rings (SSSR count). The summed E-state index contributed by atoms with van der Waals surface area (Å²) in [6, 6.07) is 14.9. The highest BCUT2D eigenvalue weighted by Gasteiger charge is 2.21. The first-order valence-corrected chi connectivity index (χ1v) is 16.1. The maximum atomic E-state index is 12.5. The van der Waals surface area contributed by atoms with Crippen LogP contribution in [0.1, 0.15) is 13.8 Å². The van der Waals surface area contributed by atoms with Gasteiger partial charge in [-0.25, -0.2) is 16.8 Å². The lowest BCUT2D eigenvalue weighted by molar-refractivity contribution is 0.399. The van der Waals surface area contributed by atoms with E-state index in [-0.39, 0.29) is 44.1 Å². The van der Waals surface area contributed by atoms with Crippen LogP contribution >= 0.6 is 0 Å². The predicted molar refractivity (Wildman–Crippen MR) is 164 cm³/mol. The van der Waals surface area contributed by atoms with Crippen molar-refractivity contribution in [2.45, 2.75) is 23.6 Å². The average Bonchev–Trinajstić information content (AvgIpc) is 3.00. The van der Waals surface area contributed by atoms with E-state index in [1.54, 1.807) is 30.3 Å². The quantitative estimate of drug-likeness (QED) is 0.146. The van der Waals surface area contributed by atoms with E-state index in [1.807, 2.05) is 6.92 Å². The summed E-state index contributed by atoms with van der Waals surface area (Å²) in [7, 11) is -6.16. The summed E-state index contributed by atoms with van der Waals surface area (Å²) in [5.74, 6) is -0.878. The van der Waals surface area contributed by atoms with Gasteiger partial charge in [0, 0.05) is 34.9 Å². The highest BCUT2D eigenvalue weighted by atomic mass is 32.2. The van der Waals surface area contributed by atoms with Gasteiger partial charge in [-0.2, -0.15) is 0 Å². The van der Waals surface area contributed by atoms with E-state index in [2.05, 4.69) is 32.4 Å². The van der Waals surface area contributed by atoms with Gasteiger partial charge in [-0.3, -0.25) is 0 Å². The van der Waals surface area contributed by atoms with Gasteiger partial charge in [-0.1, -0.05) is 25.6 Å². The van der Waals surface area contributed by atoms with Crippen molar-refractivity contribution in [2.24, 2.45) is 20.5 Å². The molecule has 0 spiro atoms. The van der Waals surface area contributed by atoms with Crippen LogP contribution in [0.2, 0.25) is 0 Å². The highest BCUT2D eigenvalue weighted by Crippen LogP contribution is 2.44. The molecule has 224 valence electrons. The first-order chi connectivity index (χ1) is 20.5. The molecule has 12 nitrogen and oxygen atoms in total. The largest absolute Gasteiger partial charge is 0.506 e. The fourth-order valence-corrected chi connectivity index (χ4v) is 6.04. The van der Waals surface area contributed by atoms with Crippen molar-refractivity contribution < 1.29 is 31.8 Å². The number of rotatable bonds is 11. The van der Waals surface area contributed by atoms with Crippen LogP contribution in [-0.4, -0.2) is 46.5 Å². The number of hydrogen-bond donors (Lipinski definition) is 3. The molecule has 0 aliphatic rings. The van der Waals surface area contributed by atoms with Crippen molar-refractivity contribution in [3.8, 4) is 17.2 Å². The molecule has 0 saturated carbocycles. The molecule has 0 aliphatic carbocycles. The van der Waals surface area contributed by atoms with E-state index in [4.69, 9.17) is 4.74 Å². The van der Waals surface area contributed by atoms with Gasteiger partial charge in [0.05, 0.1) is 23.4 Å². The van der Waals surface area contributed by atoms with Gasteiger partial charge in [0.15, 0.2) is 15.6 Å². The van der Waals surface area contributed by atoms with Crippen molar-refractivity contribution in [2.75, 3.05) is 24.7 Å². The molecule has 4 aromatic rings. The molecule has 0 bridgehead atoms. The molecule has 0 amide bonds. The van der Waals surface area contributed by atoms with E-state index in [0.29, 0.717) is 28.7 Å². The molecule has 0 heterocycles. The second kappa shape index (κ2) is 12.6. The van der Waals surface area contributed by atoms with Gasteiger partial charge in [0.1, 0.15) is 39.1 Å². The lowest BCUT2D eigenvalue weighted by Gasteiger charge is -2.12. The van der Waals surface area contributed by atoms with Gasteiger partial charge >= 0.3 is 0 Å². The number of ether oxygens (including phenoxy) is 1. The summed E-state index contributed by atoms with van der Waals surface area (Å²) < 4.78 is 54.8. The van der Waals surface area contributed by atoms with E-state index >= 15 is 0 Å². The number of nitrogens with one attached hydrogen (secondary N) is 1. The molecule has 0 aromatic heterocycles. The van der Waals surface area contributed by atoms with Crippen LogP contribution in [0.15, 0.2) is 103 Å². The Morgan fingerprint density at radius 3 is 2.19 bits per heavy atom. The first kappa shape index (κ1) is 31.1. The third-order valence-electron chi connectivity index (χ3n) is 6.38. The summed E-state index contributed by atoms with van der Waals surface area (Å²) in [6.07, 6.45) is 0. The number of phenols is 2. The number of aromatic hydroxyl groups is 2. The third-order valence-corrected chi connectivity index (χ3v) is 9.53. The van der Waals surface area contributed by atoms with Crippen LogP contribution in [0, 0.1) is 0 Å². The molecule has 43 heavy (non-hydrogen) atoms. The van der Waals surface area contributed by atoms with Crippen LogP contribution in [0.5, 0.6) is 17.2 Å². The SMILES string of the molecule is C=CS(=O)(=O)c1ccccc1/N=N/c1c(NCC)ccc2c(O)c(/N=N/c3cc(OC)c(S(=O)(=O)CC)cc3O)ccc12. The molecule has 3 N–H and O–H groups in total. The molecular weight excluding hydrogens is 594 g/mol. The minimum Gasteiger partial charge on any atom is -0.506 e. The van der Waals surface area contributed by atoms with Crippen LogP contribution in [0.25, 0.3) is 10.8 Å². The van der Waals surface area contributed by atoms with Crippen LogP contribution in [0.4, 0.5) is 28.4 Å². The molecule has 0 radical (unpaired) electrons. The highest BCUT2D eigenvalue weighted by molar-refractivity contribution is 7.94. The number of benzene rings is 4. The monoisotopic (exact) mass is 623 g/mol. The fraction of sp³-hybridized carbons (Fsp3) is 0.172. The molecule has 0 atom stereocenters. The first-order valence-electron chi connectivity index (χ1n) is 12.9. The van der Waals surface area contributed by atoms with Crippen molar-refractivity contribution in [3.63, 3.8) is 0 Å². The maximum absolute atomic E-state index is 12.5. The normalized spacial score (nSPS) is 12.3. The summed E-state index contributed by atoms with van der Waals surface area (Å²) in [5, 5.41) is 43.1. The lowest BCUT2D eigenvalue weighted by Crippen LogP contribution is -2.05. The van der Waals surface area contributed by atoms with Gasteiger partial charge in [-0.15, -0.1) is 20.5 Å². The Morgan fingerprint density at radius 1 is 0.837 bits per heavy atom. The molecule has 0 unspecified atom stereocenters. The zero-order chi connectivity index (χ0) is 31.4. The molecule has 14 heteroatoms. The molecule has 0 aliphatic heterocycles. The van der Waals surface area contributed by atoms with E-state index in [9.17, 15) is 27.0 Å². The Balaban J connectivity index is 1.80. The Hall–Kier alpha value is -4.82. The van der Waals surface area contributed by atoms with Gasteiger partial charge in [0.25, 0.3) is 0 Å². The number of fused-ring (bicyclic) bond motifs is 1. The Labute approximate surface area is 248 Å². The zero-order valence-electron chi connectivity index (χ0n) is 23.5. The van der Waals surface area contributed by atoms with Crippen molar-refractivity contribution in [1.29, 1.82) is 0 Å². The van der Waals surface area contributed by atoms with Crippen LogP contribution in [0.3, 0.4) is 0 Å². The van der Waals surface area contributed by atoms with Crippen LogP contribution < -0.4 is 10.1 Å². The molecule has 0 fully saturated rings. The zero-order valence-corrected chi connectivity index (χ0v) is 25.1. The number of azo groups is 2. The van der Waals surface area contributed by atoms with Gasteiger partial charge < -0.3 is 20.3 Å². The summed E-state index contributed by atoms with van der Waals surface area (Å²) in [6.45, 7) is 7.30. The summed E-state index contributed by atoms with van der Waals surface area (Å²) in [4.78, 5) is -0.227. The molecular formula is C29H29N5O7S2. The Morgan fingerprint density at radius 2 is 1.51 bits per heavy atom. The standard InChI is InChI=1S/C29H29N5O7S2/c1-5-30-21-14-13-19-18(28(21)34-31-20-10-8-9-11-26(20)42(37,38)6-2)12-15-22(29(19)36)32-33-23-16-25(41-4)27(17-24(23)35)43(39,40)7-3/h6,8-17,30,35-36H,2,5,7H2,1,3-4H3/b33-32+,34-31+. The molecule has 4 aromatic carbocycles. The van der Waals surface area contributed by atoms with Crippen molar-refractivity contribution in [1.82, 2.24) is 0 Å². The van der Waals surface area contributed by atoms with Gasteiger partial charge in [0.2, 0.25) is 9.84 Å². The Bertz CT molecular complexity index is 1990. The average molecular weight is 624 g/mol. The topological polar surface area (TPSA) is 179 Å². The number of hydrogen-bond acceptors (Lipinski definition) is 12. The maximum Gasteiger partial charge on any atom is 0.201 e. The second-order valence-electron chi connectivity index (χ2n) is 9.00. The number of sulfone groups is 2. The fourth-order valence-electron chi connectivity index (χ4n) is 4.14. The second-order valence-corrected chi connectivity index (χ2v) is 13.1. The smallest absolute Gasteiger partial charge is 0.201 e. The minimum atomic E-state index is -3.78. The van der Waals surface area contributed by atoms with Gasteiger partial charge in [-0.05, 0) is 43.3 Å². The lowest BCUT2D eigenvalue weighted by atomic mass is 10.1. The molecule has 0 saturated heterocycles. The minimum absolute atomic E-state index is 0.00949. The van der Waals surface area contributed by atoms with Crippen LogP contribution in [-0.2, 0) is 19.7 Å². The third kappa shape index (κ3) is 6.34. The van der Waals surface area contributed by atoms with E-state index < -0.39 is 25.4 Å². The predicted octanol–water partition coefficient (Wildman–Crippen LogP) is 7.23. The van der Waals surface area contributed by atoms with Crippen molar-refractivity contribution >= 4 is 58.9 Å². The van der Waals surface area contributed by atoms with E-state index in [0.717, 1.165) is 11.5 Å².